The van der Waals surface area contributed by atoms with Crippen LogP contribution >= 0.6 is 11.3 Å². The van der Waals surface area contributed by atoms with E-state index in [0.29, 0.717) is 15.1 Å². The molecule has 2 heterocycles. The predicted molar refractivity (Wildman–Crippen MR) is 163 cm³/mol. The third-order valence-corrected chi connectivity index (χ3v) is 8.77. The Bertz CT molecular complexity index is 2080. The van der Waals surface area contributed by atoms with E-state index in [0.717, 1.165) is 46.4 Å². The van der Waals surface area contributed by atoms with Crippen molar-refractivity contribution in [1.82, 2.24) is 4.57 Å². The molecule has 0 N–H and O–H groups in total. The molecule has 4 aromatic carbocycles. The Labute approximate surface area is 249 Å². The lowest BCUT2D eigenvalue weighted by atomic mass is 9.83. The van der Waals surface area contributed by atoms with Crippen LogP contribution in [0.4, 0.5) is 10.1 Å². The number of non-ortho nitro benzene ring substituents is 1. The van der Waals surface area contributed by atoms with Gasteiger partial charge in [-0.15, -0.1) is 0 Å². The number of nitro groups is 1. The van der Waals surface area contributed by atoms with Crippen molar-refractivity contribution in [2.75, 3.05) is 0 Å². The molecule has 0 saturated carbocycles. The molecule has 43 heavy (non-hydrogen) atoms. The lowest BCUT2D eigenvalue weighted by Gasteiger charge is -2.30. The first-order valence-corrected chi connectivity index (χ1v) is 14.6. The lowest BCUT2D eigenvalue weighted by molar-refractivity contribution is -0.384. The van der Waals surface area contributed by atoms with Crippen LogP contribution in [0.25, 0.3) is 11.8 Å². The lowest BCUT2D eigenvalue weighted by Crippen LogP contribution is -2.38. The molecule has 5 aromatic rings. The zero-order valence-corrected chi connectivity index (χ0v) is 23.6. The van der Waals surface area contributed by atoms with Crippen LogP contribution < -0.4 is 19.6 Å². The molecule has 7 rings (SSSR count). The summed E-state index contributed by atoms with van der Waals surface area (Å²) in [6.45, 7) is 0.271. The number of hydrogen-bond donors (Lipinski definition) is 0. The van der Waals surface area contributed by atoms with Gasteiger partial charge in [-0.2, -0.15) is 0 Å². The molecule has 1 aliphatic heterocycles. The van der Waals surface area contributed by atoms with Crippen LogP contribution in [0.15, 0.2) is 112 Å². The Hall–Kier alpha value is -5.15. The topological polar surface area (TPSA) is 86.7 Å². The minimum Gasteiger partial charge on any atom is -0.489 e. The molecule has 0 radical (unpaired) electrons. The van der Waals surface area contributed by atoms with Crippen LogP contribution in [-0.2, 0) is 13.0 Å². The summed E-state index contributed by atoms with van der Waals surface area (Å²) in [5, 5.41) is 10.9. The fourth-order valence-electron chi connectivity index (χ4n) is 5.66. The molecular weight excluding hydrogens is 565 g/mol. The molecule has 9 heteroatoms. The van der Waals surface area contributed by atoms with Crippen LogP contribution in [0.1, 0.15) is 40.3 Å². The van der Waals surface area contributed by atoms with Gasteiger partial charge in [0.15, 0.2) is 4.80 Å². The molecule has 0 spiro atoms. The van der Waals surface area contributed by atoms with Crippen molar-refractivity contribution in [3.8, 4) is 5.75 Å². The average molecular weight is 590 g/mol. The third kappa shape index (κ3) is 5.08. The number of nitro benzene ring substituents is 1. The van der Waals surface area contributed by atoms with Crippen molar-refractivity contribution in [3.63, 3.8) is 0 Å². The van der Waals surface area contributed by atoms with Gasteiger partial charge in [0.1, 0.15) is 18.2 Å². The Balaban J connectivity index is 1.22. The number of thiazole rings is 1. The second kappa shape index (κ2) is 10.9. The summed E-state index contributed by atoms with van der Waals surface area (Å²) in [6, 6.07) is 27.9. The SMILES string of the molecule is O=c1/c(=C\c2ccc(OCc3ccc([N+](=O)[O-])cc3)cc2)sc2n1[C@H](c1ccc(F)cc1)C1=C(N=2)c2ccccc2CC1. The number of benzene rings is 4. The maximum absolute atomic E-state index is 13.9. The molecule has 2 aliphatic rings. The first-order valence-electron chi connectivity index (χ1n) is 13.8. The van der Waals surface area contributed by atoms with Crippen LogP contribution in [0.3, 0.4) is 0 Å². The van der Waals surface area contributed by atoms with Crippen molar-refractivity contribution >= 4 is 28.8 Å². The van der Waals surface area contributed by atoms with Crippen molar-refractivity contribution in [1.29, 1.82) is 0 Å². The Morgan fingerprint density at radius 1 is 0.977 bits per heavy atom. The zero-order valence-electron chi connectivity index (χ0n) is 22.8. The smallest absolute Gasteiger partial charge is 0.271 e. The summed E-state index contributed by atoms with van der Waals surface area (Å²) in [6.07, 6.45) is 3.47. The van der Waals surface area contributed by atoms with E-state index in [-0.39, 0.29) is 29.7 Å². The van der Waals surface area contributed by atoms with Crippen LogP contribution in [0.5, 0.6) is 5.75 Å². The standard InChI is InChI=1S/C34H24FN3O4S/c35-25-12-9-24(10-13-25)32-29-18-11-23-3-1-2-4-28(23)31(29)36-34-37(32)33(39)30(43-34)19-21-7-16-27(17-8-21)42-20-22-5-14-26(15-6-22)38(40)41/h1-10,12-17,19,32H,11,18,20H2/b30-19+/t32-/m1/s1. The highest BCUT2D eigenvalue weighted by Gasteiger charge is 2.32. The van der Waals surface area contributed by atoms with Crippen LogP contribution in [0.2, 0.25) is 0 Å². The van der Waals surface area contributed by atoms with E-state index in [4.69, 9.17) is 9.73 Å². The second-order valence-electron chi connectivity index (χ2n) is 10.4. The number of ether oxygens (including phenoxy) is 1. The van der Waals surface area contributed by atoms with Gasteiger partial charge < -0.3 is 4.74 Å². The van der Waals surface area contributed by atoms with E-state index in [2.05, 4.69) is 12.1 Å². The number of hydrogen-bond acceptors (Lipinski definition) is 6. The van der Waals surface area contributed by atoms with Crippen molar-refractivity contribution in [2.24, 2.45) is 4.99 Å². The van der Waals surface area contributed by atoms with Gasteiger partial charge in [-0.1, -0.05) is 59.9 Å². The number of aryl methyl sites for hydroxylation is 1. The molecule has 0 bridgehead atoms. The summed E-state index contributed by atoms with van der Waals surface area (Å²) in [5.74, 6) is 0.319. The highest BCUT2D eigenvalue weighted by molar-refractivity contribution is 7.07. The van der Waals surface area contributed by atoms with E-state index in [9.17, 15) is 19.3 Å². The molecule has 1 atom stereocenters. The first-order chi connectivity index (χ1) is 20.9. The highest BCUT2D eigenvalue weighted by Crippen LogP contribution is 2.41. The van der Waals surface area contributed by atoms with Gasteiger partial charge >= 0.3 is 0 Å². The van der Waals surface area contributed by atoms with E-state index >= 15 is 0 Å². The summed E-state index contributed by atoms with van der Waals surface area (Å²) in [7, 11) is 0. The van der Waals surface area contributed by atoms with E-state index < -0.39 is 4.92 Å². The molecule has 7 nitrogen and oxygen atoms in total. The van der Waals surface area contributed by atoms with Gasteiger partial charge in [0.2, 0.25) is 0 Å². The third-order valence-electron chi connectivity index (χ3n) is 7.79. The quantitative estimate of drug-likeness (QED) is 0.181. The van der Waals surface area contributed by atoms with Crippen molar-refractivity contribution in [3.05, 3.63) is 166 Å². The summed E-state index contributed by atoms with van der Waals surface area (Å²) in [4.78, 5) is 30.0. The first kappa shape index (κ1) is 26.7. The molecule has 1 aromatic heterocycles. The summed E-state index contributed by atoms with van der Waals surface area (Å²) >= 11 is 1.34. The maximum atomic E-state index is 13.9. The van der Waals surface area contributed by atoms with Gasteiger partial charge in [-0.25, -0.2) is 9.38 Å². The molecule has 0 amide bonds. The van der Waals surface area contributed by atoms with Gasteiger partial charge in [-0.05, 0) is 83.1 Å². The van der Waals surface area contributed by atoms with Gasteiger partial charge in [-0.3, -0.25) is 19.5 Å². The fraction of sp³-hybridized carbons (Fsp3) is 0.118. The van der Waals surface area contributed by atoms with Gasteiger partial charge in [0.25, 0.3) is 11.2 Å². The van der Waals surface area contributed by atoms with Gasteiger partial charge in [0, 0.05) is 17.7 Å². The number of fused-ring (bicyclic) bond motifs is 3. The van der Waals surface area contributed by atoms with Crippen molar-refractivity contribution in [2.45, 2.75) is 25.5 Å². The molecular formula is C34H24FN3O4S. The number of aromatic nitrogens is 1. The number of halogens is 1. The molecule has 212 valence electrons. The minimum atomic E-state index is -0.434. The number of rotatable bonds is 6. The Morgan fingerprint density at radius 2 is 1.72 bits per heavy atom. The number of allylic oxidation sites excluding steroid dienone is 1. The molecule has 0 fully saturated rings. The molecule has 0 saturated heterocycles. The second-order valence-corrected chi connectivity index (χ2v) is 11.5. The zero-order chi connectivity index (χ0) is 29.5. The summed E-state index contributed by atoms with van der Waals surface area (Å²) in [5.41, 5.74) is 6.69. The van der Waals surface area contributed by atoms with Crippen LogP contribution in [-0.4, -0.2) is 9.49 Å². The summed E-state index contributed by atoms with van der Waals surface area (Å²) < 4.78 is 22.0. The minimum absolute atomic E-state index is 0.0346. The predicted octanol–water partition coefficient (Wildman–Crippen LogP) is 5.95. The molecule has 0 unspecified atom stereocenters. The number of nitrogens with zero attached hydrogens (tertiary/aromatic N) is 3. The Kier molecular flexibility index (Phi) is 6.79. The highest BCUT2D eigenvalue weighted by atomic mass is 32.1. The normalized spacial score (nSPS) is 15.7. The van der Waals surface area contributed by atoms with Crippen LogP contribution in [0, 0.1) is 15.9 Å². The fourth-order valence-corrected chi connectivity index (χ4v) is 6.66. The van der Waals surface area contributed by atoms with E-state index in [1.54, 1.807) is 28.8 Å². The largest absolute Gasteiger partial charge is 0.489 e. The van der Waals surface area contributed by atoms with E-state index in [1.165, 1.54) is 41.2 Å². The average Bonchev–Trinajstić information content (AvgIpc) is 3.34. The van der Waals surface area contributed by atoms with Crippen molar-refractivity contribution < 1.29 is 14.1 Å². The molecule has 1 aliphatic carbocycles. The Morgan fingerprint density at radius 3 is 2.47 bits per heavy atom. The van der Waals surface area contributed by atoms with Gasteiger partial charge in [0.05, 0.1) is 21.2 Å². The van der Waals surface area contributed by atoms with E-state index in [1.807, 2.05) is 42.5 Å². The maximum Gasteiger partial charge on any atom is 0.271 e. The monoisotopic (exact) mass is 589 g/mol.